The van der Waals surface area contributed by atoms with E-state index in [-0.39, 0.29) is 11.8 Å². The molecule has 2 unspecified atom stereocenters. The van der Waals surface area contributed by atoms with Gasteiger partial charge in [0.05, 0.1) is 47.8 Å². The van der Waals surface area contributed by atoms with Crippen LogP contribution in [0.3, 0.4) is 0 Å². The second kappa shape index (κ2) is 15.7. The molecule has 0 N–H and O–H groups in total. The zero-order valence-corrected chi connectivity index (χ0v) is 29.3. The summed E-state index contributed by atoms with van der Waals surface area (Å²) in [4.78, 5) is 24.6. The van der Waals surface area contributed by atoms with Crippen molar-refractivity contribution in [2.45, 2.75) is 64.0 Å². The minimum atomic E-state index is -4.45. The molecule has 8 nitrogen and oxygen atoms in total. The first-order valence-corrected chi connectivity index (χ1v) is 17.2. The third-order valence-corrected chi connectivity index (χ3v) is 9.16. The Kier molecular flexibility index (Phi) is 11.1. The van der Waals surface area contributed by atoms with Gasteiger partial charge in [-0.3, -0.25) is 9.59 Å². The topological polar surface area (TPSA) is 83.8 Å². The fourth-order valence-electron chi connectivity index (χ4n) is 6.33. The van der Waals surface area contributed by atoms with Gasteiger partial charge < -0.3 is 9.47 Å². The molecule has 54 heavy (non-hydrogen) atoms. The van der Waals surface area contributed by atoms with E-state index in [4.69, 9.17) is 9.47 Å². The molecular weight excluding hydrogens is 714 g/mol. The Morgan fingerprint density at radius 2 is 0.907 bits per heavy atom. The molecule has 282 valence electrons. The van der Waals surface area contributed by atoms with Crippen LogP contribution in [-0.4, -0.2) is 46.5 Å². The average molecular weight is 751 g/mol. The second-order valence-corrected chi connectivity index (χ2v) is 13.0. The van der Waals surface area contributed by atoms with Gasteiger partial charge in [0.2, 0.25) is 11.8 Å². The molecule has 0 aliphatic carbocycles. The molecule has 0 radical (unpaired) electrons. The van der Waals surface area contributed by atoms with Crippen molar-refractivity contribution in [3.05, 3.63) is 130 Å². The van der Waals surface area contributed by atoms with Gasteiger partial charge in [-0.2, -0.15) is 36.5 Å². The molecular formula is C40H36F6N4O4. The smallest absolute Gasteiger partial charge is 0.416 e. The fraction of sp³-hybridized carbons (Fsp3) is 0.300. The number of benzene rings is 4. The van der Waals surface area contributed by atoms with Crippen LogP contribution in [0.5, 0.6) is 11.5 Å². The van der Waals surface area contributed by atoms with Crippen molar-refractivity contribution in [2.75, 3.05) is 13.2 Å². The van der Waals surface area contributed by atoms with Gasteiger partial charge in [-0.15, -0.1) is 0 Å². The van der Waals surface area contributed by atoms with Crippen LogP contribution in [0.15, 0.2) is 107 Å². The lowest BCUT2D eigenvalue weighted by Gasteiger charge is -2.21. The summed E-state index contributed by atoms with van der Waals surface area (Å²) in [6.45, 7) is 3.63. The summed E-state index contributed by atoms with van der Waals surface area (Å²) in [6.07, 6.45) is -6.75. The summed E-state index contributed by atoms with van der Waals surface area (Å²) in [5.74, 6) is 0.672. The molecule has 2 heterocycles. The van der Waals surface area contributed by atoms with Gasteiger partial charge in [0.1, 0.15) is 11.5 Å². The van der Waals surface area contributed by atoms with E-state index in [1.54, 1.807) is 24.3 Å². The number of rotatable bonds is 11. The number of alkyl halides is 6. The molecule has 4 aromatic carbocycles. The molecule has 14 heteroatoms. The third kappa shape index (κ3) is 8.92. The monoisotopic (exact) mass is 750 g/mol. The van der Waals surface area contributed by atoms with Crippen molar-refractivity contribution in [3.63, 3.8) is 0 Å². The number of nitrogens with zero attached hydrogens (tertiary/aromatic N) is 4. The van der Waals surface area contributed by atoms with Crippen molar-refractivity contribution in [2.24, 2.45) is 10.2 Å². The van der Waals surface area contributed by atoms with Crippen molar-refractivity contribution in [3.8, 4) is 11.5 Å². The summed E-state index contributed by atoms with van der Waals surface area (Å²) in [5.41, 5.74) is 2.45. The number of hydrazone groups is 2. The van der Waals surface area contributed by atoms with Crippen LogP contribution in [0, 0.1) is 0 Å². The van der Waals surface area contributed by atoms with E-state index in [1.165, 1.54) is 48.1 Å². The first-order chi connectivity index (χ1) is 25.7. The SMILES string of the molecule is CC(=O)N1N=C(c2ccc(OCCCCOc3ccc(C4=NN(C(C)=O)C(c5ccc(C(F)(F)F)cc5)C4)cc3)cc2)CC1c1ccc(C(F)(F)F)cc1. The number of hydrogen-bond acceptors (Lipinski definition) is 6. The van der Waals surface area contributed by atoms with Crippen LogP contribution in [0.1, 0.15) is 85.0 Å². The molecule has 0 bridgehead atoms. The number of carbonyl (C=O) groups excluding carboxylic acids is 2. The minimum absolute atomic E-state index is 0.313. The second-order valence-electron chi connectivity index (χ2n) is 13.0. The van der Waals surface area contributed by atoms with E-state index in [0.29, 0.717) is 60.1 Å². The number of amides is 2. The highest BCUT2D eigenvalue weighted by Crippen LogP contribution is 2.37. The third-order valence-electron chi connectivity index (χ3n) is 9.16. The fourth-order valence-corrected chi connectivity index (χ4v) is 6.33. The molecule has 4 aromatic rings. The highest BCUT2D eigenvalue weighted by Gasteiger charge is 2.35. The van der Waals surface area contributed by atoms with E-state index < -0.39 is 35.6 Å². The van der Waals surface area contributed by atoms with Crippen LogP contribution >= 0.6 is 0 Å². The Labute approximate surface area is 307 Å². The molecule has 6 rings (SSSR count). The van der Waals surface area contributed by atoms with Gasteiger partial charge >= 0.3 is 12.4 Å². The van der Waals surface area contributed by atoms with Gasteiger partial charge in [-0.1, -0.05) is 24.3 Å². The summed E-state index contributed by atoms with van der Waals surface area (Å²) in [5, 5.41) is 11.5. The quantitative estimate of drug-likeness (QED) is 0.113. The van der Waals surface area contributed by atoms with Gasteiger partial charge in [0.15, 0.2) is 0 Å². The summed E-state index contributed by atoms with van der Waals surface area (Å²) in [6, 6.07) is 23.1. The average Bonchev–Trinajstić information content (AvgIpc) is 3.80. The van der Waals surface area contributed by atoms with Crippen molar-refractivity contribution >= 4 is 23.2 Å². The van der Waals surface area contributed by atoms with Crippen LogP contribution < -0.4 is 9.47 Å². The van der Waals surface area contributed by atoms with Gasteiger partial charge in [-0.05, 0) is 108 Å². The van der Waals surface area contributed by atoms with Gasteiger partial charge in [0.25, 0.3) is 0 Å². The molecule has 0 spiro atoms. The molecule has 2 atom stereocenters. The number of hydrogen-bond donors (Lipinski definition) is 0. The molecule has 2 aliphatic rings. The first kappa shape index (κ1) is 38.1. The first-order valence-electron chi connectivity index (χ1n) is 17.2. The van der Waals surface area contributed by atoms with E-state index in [2.05, 4.69) is 10.2 Å². The lowest BCUT2D eigenvalue weighted by Crippen LogP contribution is -2.24. The lowest BCUT2D eigenvalue weighted by molar-refractivity contribution is -0.138. The maximum atomic E-state index is 13.0. The van der Waals surface area contributed by atoms with E-state index in [0.717, 1.165) is 48.2 Å². The maximum Gasteiger partial charge on any atom is 0.416 e. The summed E-state index contributed by atoms with van der Waals surface area (Å²) < 4.78 is 89.9. The summed E-state index contributed by atoms with van der Waals surface area (Å²) in [7, 11) is 0. The van der Waals surface area contributed by atoms with Gasteiger partial charge in [0, 0.05) is 26.7 Å². The van der Waals surface area contributed by atoms with E-state index >= 15 is 0 Å². The number of carbonyl (C=O) groups is 2. The Hall–Kier alpha value is -5.66. The number of ether oxygens (including phenoxy) is 2. The standard InChI is InChI=1S/C40H36F6N4O4/c1-25(51)49-37(29-5-13-31(14-6-29)39(41,42)43)23-35(47-49)27-9-17-33(18-10-27)53-21-3-4-22-54-34-19-11-28(12-20-34)36-24-38(50(48-36)26(2)52)30-7-15-32(16-8-30)40(44,45)46/h5-20,37-38H,3-4,21-24H2,1-2H3. The summed E-state index contributed by atoms with van der Waals surface area (Å²) >= 11 is 0. The van der Waals surface area contributed by atoms with Crippen molar-refractivity contribution in [1.82, 2.24) is 10.0 Å². The van der Waals surface area contributed by atoms with E-state index in [1.807, 2.05) is 24.3 Å². The predicted molar refractivity (Wildman–Crippen MR) is 189 cm³/mol. The Morgan fingerprint density at radius 1 is 0.574 bits per heavy atom. The van der Waals surface area contributed by atoms with Crippen LogP contribution in [-0.2, 0) is 21.9 Å². The zero-order valence-electron chi connectivity index (χ0n) is 29.3. The number of halogens is 6. The highest BCUT2D eigenvalue weighted by molar-refractivity contribution is 6.04. The molecule has 0 fully saturated rings. The molecule has 0 aromatic heterocycles. The van der Waals surface area contributed by atoms with E-state index in [9.17, 15) is 35.9 Å². The molecule has 2 amide bonds. The maximum absolute atomic E-state index is 13.0. The molecule has 2 aliphatic heterocycles. The van der Waals surface area contributed by atoms with Crippen molar-refractivity contribution in [1.29, 1.82) is 0 Å². The molecule has 0 saturated heterocycles. The largest absolute Gasteiger partial charge is 0.494 e. The minimum Gasteiger partial charge on any atom is -0.494 e. The predicted octanol–water partition coefficient (Wildman–Crippen LogP) is 9.36. The van der Waals surface area contributed by atoms with Crippen LogP contribution in [0.2, 0.25) is 0 Å². The van der Waals surface area contributed by atoms with Crippen molar-refractivity contribution < 1.29 is 45.4 Å². The Bertz CT molecular complexity index is 1860. The number of unbranched alkanes of at least 4 members (excludes halogenated alkanes) is 1. The van der Waals surface area contributed by atoms with Gasteiger partial charge in [-0.25, -0.2) is 10.0 Å². The lowest BCUT2D eigenvalue weighted by atomic mass is 9.97. The molecule has 0 saturated carbocycles. The zero-order chi connectivity index (χ0) is 38.6. The normalized spacial score (nSPS) is 17.3. The highest BCUT2D eigenvalue weighted by atomic mass is 19.4. The van der Waals surface area contributed by atoms with Crippen LogP contribution in [0.4, 0.5) is 26.3 Å². The Morgan fingerprint density at radius 3 is 1.20 bits per heavy atom. The van der Waals surface area contributed by atoms with Crippen LogP contribution in [0.25, 0.3) is 0 Å². The Balaban J connectivity index is 0.945.